The van der Waals surface area contributed by atoms with Crippen LogP contribution in [0.5, 0.6) is 5.75 Å². The van der Waals surface area contributed by atoms with Crippen LogP contribution in [0, 0.1) is 5.82 Å². The highest BCUT2D eigenvalue weighted by atomic mass is 19.1. The van der Waals surface area contributed by atoms with E-state index >= 15 is 0 Å². The van der Waals surface area contributed by atoms with Crippen molar-refractivity contribution in [3.63, 3.8) is 0 Å². The van der Waals surface area contributed by atoms with Crippen molar-refractivity contribution in [1.82, 2.24) is 5.32 Å². The van der Waals surface area contributed by atoms with Gasteiger partial charge in [0.15, 0.2) is 11.6 Å². The smallest absolute Gasteiger partial charge is 0.165 e. The fourth-order valence-corrected chi connectivity index (χ4v) is 1.29. The first-order chi connectivity index (χ1) is 7.15. The number of phenols is 1. The van der Waals surface area contributed by atoms with Gasteiger partial charge in [0.05, 0.1) is 6.61 Å². The van der Waals surface area contributed by atoms with Gasteiger partial charge in [-0.3, -0.25) is 0 Å². The van der Waals surface area contributed by atoms with E-state index in [9.17, 15) is 4.39 Å². The van der Waals surface area contributed by atoms with Crippen molar-refractivity contribution < 1.29 is 14.2 Å². The fourth-order valence-electron chi connectivity index (χ4n) is 1.29. The molecule has 1 rings (SSSR count). The molecule has 0 radical (unpaired) electrons. The number of phenolic OH excluding ortho intramolecular Hbond substituents is 1. The molecule has 0 aliphatic heterocycles. The third-order valence-electron chi connectivity index (χ3n) is 2.23. The third kappa shape index (κ3) is 3.49. The molecule has 84 valence electrons. The van der Waals surface area contributed by atoms with Crippen molar-refractivity contribution in [2.24, 2.45) is 0 Å². The Morgan fingerprint density at radius 3 is 2.87 bits per heavy atom. The van der Waals surface area contributed by atoms with Gasteiger partial charge in [-0.05, 0) is 24.6 Å². The van der Waals surface area contributed by atoms with Crippen molar-refractivity contribution in [2.45, 2.75) is 13.0 Å². The minimum atomic E-state index is -0.590. The SMILES string of the molecule is COCCN[C@@H](C)c1ccc(O)c(F)c1. The Balaban J connectivity index is 2.57. The number of hydrogen-bond acceptors (Lipinski definition) is 3. The molecule has 0 bridgehead atoms. The van der Waals surface area contributed by atoms with Crippen LogP contribution >= 0.6 is 0 Å². The number of aromatic hydroxyl groups is 1. The van der Waals surface area contributed by atoms with E-state index in [1.807, 2.05) is 6.92 Å². The maximum absolute atomic E-state index is 13.0. The molecule has 1 atom stereocenters. The summed E-state index contributed by atoms with van der Waals surface area (Å²) in [6, 6.07) is 4.43. The van der Waals surface area contributed by atoms with Crippen LogP contribution in [0.15, 0.2) is 18.2 Å². The minimum absolute atomic E-state index is 0.0373. The lowest BCUT2D eigenvalue weighted by molar-refractivity contribution is 0.196. The van der Waals surface area contributed by atoms with Gasteiger partial charge in [0, 0.05) is 19.7 Å². The zero-order chi connectivity index (χ0) is 11.3. The van der Waals surface area contributed by atoms with Gasteiger partial charge < -0.3 is 15.2 Å². The Kier molecular flexibility index (Phi) is 4.52. The number of benzene rings is 1. The first-order valence-corrected chi connectivity index (χ1v) is 4.86. The number of rotatable bonds is 5. The molecule has 0 spiro atoms. The summed E-state index contributed by atoms with van der Waals surface area (Å²) in [6.45, 7) is 3.26. The molecule has 0 unspecified atom stereocenters. The molecule has 15 heavy (non-hydrogen) atoms. The molecule has 0 aliphatic rings. The van der Waals surface area contributed by atoms with Gasteiger partial charge in [0.25, 0.3) is 0 Å². The molecular weight excluding hydrogens is 197 g/mol. The second-order valence-electron chi connectivity index (χ2n) is 3.38. The van der Waals surface area contributed by atoms with Crippen LogP contribution in [0.2, 0.25) is 0 Å². The van der Waals surface area contributed by atoms with Gasteiger partial charge in [-0.2, -0.15) is 0 Å². The molecule has 4 heteroatoms. The summed E-state index contributed by atoms with van der Waals surface area (Å²) in [6.07, 6.45) is 0. The van der Waals surface area contributed by atoms with Crippen molar-refractivity contribution in [3.8, 4) is 5.75 Å². The van der Waals surface area contributed by atoms with Crippen molar-refractivity contribution in [2.75, 3.05) is 20.3 Å². The molecule has 0 amide bonds. The summed E-state index contributed by atoms with van der Waals surface area (Å²) in [5.74, 6) is -0.907. The Morgan fingerprint density at radius 2 is 2.27 bits per heavy atom. The lowest BCUT2D eigenvalue weighted by atomic mass is 10.1. The summed E-state index contributed by atoms with van der Waals surface area (Å²) >= 11 is 0. The Labute approximate surface area is 88.9 Å². The quantitative estimate of drug-likeness (QED) is 0.733. The second kappa shape index (κ2) is 5.68. The number of hydrogen-bond donors (Lipinski definition) is 2. The zero-order valence-corrected chi connectivity index (χ0v) is 8.96. The predicted octanol–water partition coefficient (Wildman–Crippen LogP) is 1.83. The van der Waals surface area contributed by atoms with Gasteiger partial charge in [-0.15, -0.1) is 0 Å². The highest BCUT2D eigenvalue weighted by molar-refractivity contribution is 5.29. The average molecular weight is 213 g/mol. The molecule has 0 heterocycles. The summed E-state index contributed by atoms with van der Waals surface area (Å²) < 4.78 is 17.9. The molecule has 0 aromatic heterocycles. The zero-order valence-electron chi connectivity index (χ0n) is 8.96. The van der Waals surface area contributed by atoms with Gasteiger partial charge in [-0.25, -0.2) is 4.39 Å². The fraction of sp³-hybridized carbons (Fsp3) is 0.455. The number of ether oxygens (including phenoxy) is 1. The Bertz CT molecular complexity index is 317. The first-order valence-electron chi connectivity index (χ1n) is 4.86. The number of methoxy groups -OCH3 is 1. The van der Waals surface area contributed by atoms with E-state index < -0.39 is 5.82 Å². The molecule has 1 aromatic carbocycles. The third-order valence-corrected chi connectivity index (χ3v) is 2.23. The molecule has 0 aliphatic carbocycles. The van der Waals surface area contributed by atoms with Crippen LogP contribution in [-0.2, 0) is 4.74 Å². The second-order valence-corrected chi connectivity index (χ2v) is 3.38. The van der Waals surface area contributed by atoms with E-state index in [2.05, 4.69) is 5.32 Å². The lowest BCUT2D eigenvalue weighted by Gasteiger charge is -2.14. The largest absolute Gasteiger partial charge is 0.505 e. The maximum Gasteiger partial charge on any atom is 0.165 e. The van der Waals surface area contributed by atoms with Gasteiger partial charge in [-0.1, -0.05) is 6.07 Å². The van der Waals surface area contributed by atoms with Gasteiger partial charge in [0.1, 0.15) is 0 Å². The summed E-state index contributed by atoms with van der Waals surface area (Å²) in [5, 5.41) is 12.2. The van der Waals surface area contributed by atoms with E-state index in [4.69, 9.17) is 9.84 Å². The standard InChI is InChI=1S/C11H16FNO2/c1-8(13-5-6-15-2)9-3-4-11(14)10(12)7-9/h3-4,7-8,13-14H,5-6H2,1-2H3/t8-/m0/s1. The van der Waals surface area contributed by atoms with Crippen molar-refractivity contribution in [3.05, 3.63) is 29.6 Å². The van der Waals surface area contributed by atoms with E-state index in [0.717, 1.165) is 5.56 Å². The van der Waals surface area contributed by atoms with Crippen LogP contribution in [0.25, 0.3) is 0 Å². The minimum Gasteiger partial charge on any atom is -0.505 e. The van der Waals surface area contributed by atoms with Gasteiger partial charge in [0.2, 0.25) is 0 Å². The molecular formula is C11H16FNO2. The monoisotopic (exact) mass is 213 g/mol. The van der Waals surface area contributed by atoms with Crippen molar-refractivity contribution >= 4 is 0 Å². The highest BCUT2D eigenvalue weighted by Crippen LogP contribution is 2.20. The van der Waals surface area contributed by atoms with Crippen LogP contribution in [0.3, 0.4) is 0 Å². The van der Waals surface area contributed by atoms with Crippen LogP contribution < -0.4 is 5.32 Å². The maximum atomic E-state index is 13.0. The molecule has 0 fully saturated rings. The molecule has 3 nitrogen and oxygen atoms in total. The van der Waals surface area contributed by atoms with Gasteiger partial charge >= 0.3 is 0 Å². The molecule has 2 N–H and O–H groups in total. The Hall–Kier alpha value is -1.13. The summed E-state index contributed by atoms with van der Waals surface area (Å²) in [7, 11) is 1.63. The first kappa shape index (κ1) is 11.9. The van der Waals surface area contributed by atoms with Crippen LogP contribution in [0.1, 0.15) is 18.5 Å². The van der Waals surface area contributed by atoms with Crippen molar-refractivity contribution in [1.29, 1.82) is 0 Å². The highest BCUT2D eigenvalue weighted by Gasteiger charge is 2.07. The number of nitrogens with one attached hydrogen (secondary N) is 1. The summed E-state index contributed by atoms with van der Waals surface area (Å²) in [5.41, 5.74) is 0.807. The normalized spacial score (nSPS) is 12.7. The summed E-state index contributed by atoms with van der Waals surface area (Å²) in [4.78, 5) is 0. The van der Waals surface area contributed by atoms with Crippen LogP contribution in [0.4, 0.5) is 4.39 Å². The topological polar surface area (TPSA) is 41.5 Å². The predicted molar refractivity (Wildman–Crippen MR) is 56.4 cm³/mol. The van der Waals surface area contributed by atoms with E-state index in [1.165, 1.54) is 12.1 Å². The number of halogens is 1. The van der Waals surface area contributed by atoms with E-state index in [0.29, 0.717) is 13.2 Å². The Morgan fingerprint density at radius 1 is 1.53 bits per heavy atom. The van der Waals surface area contributed by atoms with E-state index in [1.54, 1.807) is 13.2 Å². The van der Waals surface area contributed by atoms with E-state index in [-0.39, 0.29) is 11.8 Å². The molecule has 1 aromatic rings. The van der Waals surface area contributed by atoms with Crippen LogP contribution in [-0.4, -0.2) is 25.4 Å². The molecule has 0 saturated heterocycles. The average Bonchev–Trinajstić information content (AvgIpc) is 2.22. The lowest BCUT2D eigenvalue weighted by Crippen LogP contribution is -2.22. The molecule has 0 saturated carbocycles.